The van der Waals surface area contributed by atoms with Crippen molar-refractivity contribution in [2.45, 2.75) is 12.5 Å². The van der Waals surface area contributed by atoms with Gasteiger partial charge < -0.3 is 19.9 Å². The highest BCUT2D eigenvalue weighted by Crippen LogP contribution is 2.49. The van der Waals surface area contributed by atoms with Crippen LogP contribution < -0.4 is 19.9 Å². The summed E-state index contributed by atoms with van der Waals surface area (Å²) in [5.74, 6) is 2.46. The summed E-state index contributed by atoms with van der Waals surface area (Å²) in [7, 11) is 3.74. The average molecular weight is 313 g/mol. The van der Waals surface area contributed by atoms with E-state index < -0.39 is 0 Å². The fraction of sp³-hybridized carbons (Fsp3) is 0.600. The Kier molecular flexibility index (Phi) is 4.15. The lowest BCUT2D eigenvalue weighted by atomic mass is 9.98. The fourth-order valence-corrected chi connectivity index (χ4v) is 3.58. The summed E-state index contributed by atoms with van der Waals surface area (Å²) in [6.45, 7) is 2.73. The third-order valence-corrected chi connectivity index (χ3v) is 4.63. The largest absolute Gasteiger partial charge is 0.495 e. The number of fused-ring (bicyclic) bond motifs is 1. The number of nitrogens with two attached hydrogens (primary N) is 1. The number of halogens is 1. The number of hydrogen-bond acceptors (Lipinski definition) is 5. The zero-order valence-corrected chi connectivity index (χ0v) is 13.2. The molecule has 5 nitrogen and oxygen atoms in total. The Labute approximate surface area is 129 Å². The van der Waals surface area contributed by atoms with Crippen molar-refractivity contribution in [3.63, 3.8) is 0 Å². The molecule has 0 amide bonds. The first-order chi connectivity index (χ1) is 10.2. The molecule has 2 aliphatic rings. The Morgan fingerprint density at radius 2 is 2.19 bits per heavy atom. The van der Waals surface area contributed by atoms with Gasteiger partial charge in [0.15, 0.2) is 11.5 Å². The van der Waals surface area contributed by atoms with Crippen molar-refractivity contribution in [2.75, 3.05) is 40.5 Å². The number of hydrogen-bond donors (Lipinski definition) is 1. The lowest BCUT2D eigenvalue weighted by Gasteiger charge is -2.26. The number of ether oxygens (including phenoxy) is 3. The van der Waals surface area contributed by atoms with Gasteiger partial charge in [0.1, 0.15) is 24.0 Å². The molecular weight excluding hydrogens is 292 g/mol. The average Bonchev–Trinajstić information content (AvgIpc) is 2.88. The first kappa shape index (κ1) is 14.8. The molecule has 0 bridgehead atoms. The standard InChI is InChI=1S/C15H21ClN2O3/c1-18-8-9(7-17)5-11(18)10-6-12-15(21-4-3-20-12)13(16)14(10)19-2/h6,9,11H,3-5,7-8,17H2,1-2H3. The molecule has 2 unspecified atom stereocenters. The molecule has 2 heterocycles. The first-order valence-corrected chi connectivity index (χ1v) is 7.59. The van der Waals surface area contributed by atoms with Crippen molar-refractivity contribution in [3.05, 3.63) is 16.7 Å². The maximum atomic E-state index is 6.46. The van der Waals surface area contributed by atoms with Gasteiger partial charge in [-0.3, -0.25) is 4.90 Å². The highest BCUT2D eigenvalue weighted by molar-refractivity contribution is 6.34. The van der Waals surface area contributed by atoms with E-state index in [-0.39, 0.29) is 6.04 Å². The van der Waals surface area contributed by atoms with Gasteiger partial charge in [-0.25, -0.2) is 0 Å². The van der Waals surface area contributed by atoms with E-state index >= 15 is 0 Å². The lowest BCUT2D eigenvalue weighted by molar-refractivity contribution is 0.170. The summed E-state index contributed by atoms with van der Waals surface area (Å²) in [5.41, 5.74) is 6.87. The summed E-state index contributed by atoms with van der Waals surface area (Å²) in [5, 5.41) is 0.495. The summed E-state index contributed by atoms with van der Waals surface area (Å²) >= 11 is 6.46. The SMILES string of the molecule is COc1c(C2CC(CN)CN2C)cc2c(c1Cl)OCCO2. The maximum absolute atomic E-state index is 6.46. The van der Waals surface area contributed by atoms with Crippen molar-refractivity contribution in [1.29, 1.82) is 0 Å². The Bertz CT molecular complexity index is 538. The smallest absolute Gasteiger partial charge is 0.183 e. The van der Waals surface area contributed by atoms with Crippen LogP contribution in [0.1, 0.15) is 18.0 Å². The van der Waals surface area contributed by atoms with Crippen molar-refractivity contribution in [3.8, 4) is 17.2 Å². The third-order valence-electron chi connectivity index (χ3n) is 4.29. The Morgan fingerprint density at radius 1 is 1.43 bits per heavy atom. The van der Waals surface area contributed by atoms with Crippen LogP contribution in [0.2, 0.25) is 5.02 Å². The van der Waals surface area contributed by atoms with E-state index in [0.29, 0.717) is 47.9 Å². The van der Waals surface area contributed by atoms with Crippen molar-refractivity contribution in [2.24, 2.45) is 11.7 Å². The minimum atomic E-state index is 0.238. The van der Waals surface area contributed by atoms with E-state index in [4.69, 9.17) is 31.5 Å². The van der Waals surface area contributed by atoms with Crippen molar-refractivity contribution >= 4 is 11.6 Å². The maximum Gasteiger partial charge on any atom is 0.183 e. The minimum Gasteiger partial charge on any atom is -0.495 e. The van der Waals surface area contributed by atoms with Crippen LogP contribution in [-0.4, -0.2) is 45.4 Å². The molecule has 0 aromatic heterocycles. The van der Waals surface area contributed by atoms with Crippen LogP contribution in [0.3, 0.4) is 0 Å². The molecule has 1 fully saturated rings. The van der Waals surface area contributed by atoms with Gasteiger partial charge in [0.05, 0.1) is 7.11 Å². The minimum absolute atomic E-state index is 0.238. The summed E-state index contributed by atoms with van der Waals surface area (Å²) in [6.07, 6.45) is 0.999. The van der Waals surface area contributed by atoms with Crippen LogP contribution in [-0.2, 0) is 0 Å². The molecular formula is C15H21ClN2O3. The molecule has 6 heteroatoms. The van der Waals surface area contributed by atoms with Crippen LogP contribution in [0.25, 0.3) is 0 Å². The second-order valence-electron chi connectivity index (χ2n) is 5.63. The Balaban J connectivity index is 2.03. The molecule has 0 saturated carbocycles. The highest BCUT2D eigenvalue weighted by Gasteiger charge is 2.34. The zero-order chi connectivity index (χ0) is 15.0. The molecule has 2 aliphatic heterocycles. The van der Waals surface area contributed by atoms with E-state index in [9.17, 15) is 0 Å². The quantitative estimate of drug-likeness (QED) is 0.926. The van der Waals surface area contributed by atoms with E-state index in [1.165, 1.54) is 0 Å². The second kappa shape index (κ2) is 5.91. The highest BCUT2D eigenvalue weighted by atomic mass is 35.5. The molecule has 1 saturated heterocycles. The van der Waals surface area contributed by atoms with Crippen LogP contribution in [0.15, 0.2) is 6.07 Å². The van der Waals surface area contributed by atoms with Crippen LogP contribution in [0.5, 0.6) is 17.2 Å². The van der Waals surface area contributed by atoms with Crippen molar-refractivity contribution in [1.82, 2.24) is 4.90 Å². The summed E-state index contributed by atoms with van der Waals surface area (Å²) in [4.78, 5) is 2.29. The zero-order valence-electron chi connectivity index (χ0n) is 12.4. The van der Waals surface area contributed by atoms with Crippen LogP contribution in [0.4, 0.5) is 0 Å². The third kappa shape index (κ3) is 2.54. The second-order valence-corrected chi connectivity index (χ2v) is 6.01. The molecule has 0 aliphatic carbocycles. The molecule has 1 aromatic carbocycles. The van der Waals surface area contributed by atoms with E-state index in [1.807, 2.05) is 6.07 Å². The topological polar surface area (TPSA) is 57.0 Å². The molecule has 1 aromatic rings. The predicted octanol–water partition coefficient (Wildman–Crippen LogP) is 2.07. The summed E-state index contributed by atoms with van der Waals surface area (Å²) < 4.78 is 16.8. The normalized spacial score (nSPS) is 25.1. The van der Waals surface area contributed by atoms with Gasteiger partial charge in [0, 0.05) is 18.2 Å². The molecule has 2 atom stereocenters. The van der Waals surface area contributed by atoms with Gasteiger partial charge in [-0.1, -0.05) is 11.6 Å². The number of likely N-dealkylation sites (tertiary alicyclic amines) is 1. The molecule has 2 N–H and O–H groups in total. The molecule has 3 rings (SSSR count). The van der Waals surface area contributed by atoms with Crippen LogP contribution in [0, 0.1) is 5.92 Å². The molecule has 0 spiro atoms. The van der Waals surface area contributed by atoms with Crippen LogP contribution >= 0.6 is 11.6 Å². The number of methoxy groups -OCH3 is 1. The molecule has 116 valence electrons. The summed E-state index contributed by atoms with van der Waals surface area (Å²) in [6, 6.07) is 2.24. The fourth-order valence-electron chi connectivity index (χ4n) is 3.24. The Hall–Kier alpha value is -1.17. The van der Waals surface area contributed by atoms with Gasteiger partial charge in [-0.15, -0.1) is 0 Å². The predicted molar refractivity (Wildman–Crippen MR) is 81.5 cm³/mol. The van der Waals surface area contributed by atoms with E-state index in [0.717, 1.165) is 18.5 Å². The van der Waals surface area contributed by atoms with Gasteiger partial charge in [0.25, 0.3) is 0 Å². The number of nitrogens with zero attached hydrogens (tertiary/aromatic N) is 1. The van der Waals surface area contributed by atoms with Crippen molar-refractivity contribution < 1.29 is 14.2 Å². The van der Waals surface area contributed by atoms with E-state index in [1.54, 1.807) is 7.11 Å². The first-order valence-electron chi connectivity index (χ1n) is 7.22. The molecule has 21 heavy (non-hydrogen) atoms. The number of rotatable bonds is 3. The monoisotopic (exact) mass is 312 g/mol. The Morgan fingerprint density at radius 3 is 2.86 bits per heavy atom. The lowest BCUT2D eigenvalue weighted by Crippen LogP contribution is -2.21. The van der Waals surface area contributed by atoms with E-state index in [2.05, 4.69) is 11.9 Å². The van der Waals surface area contributed by atoms with Gasteiger partial charge >= 0.3 is 0 Å². The van der Waals surface area contributed by atoms with Gasteiger partial charge in [-0.2, -0.15) is 0 Å². The molecule has 0 radical (unpaired) electrons. The van der Waals surface area contributed by atoms with Gasteiger partial charge in [-0.05, 0) is 32.0 Å². The number of benzene rings is 1. The van der Waals surface area contributed by atoms with Gasteiger partial charge in [0.2, 0.25) is 0 Å².